The van der Waals surface area contributed by atoms with Crippen LogP contribution in [0.1, 0.15) is 12.8 Å². The number of amides is 1. The SMILES string of the molecule is COc1ccc(N2CCC(C(=O)Nc3ccccn3)CC2)nn1. The maximum atomic E-state index is 12.3. The minimum Gasteiger partial charge on any atom is -0.480 e. The summed E-state index contributed by atoms with van der Waals surface area (Å²) in [7, 11) is 1.56. The number of ether oxygens (including phenoxy) is 1. The molecule has 120 valence electrons. The van der Waals surface area contributed by atoms with E-state index in [-0.39, 0.29) is 11.8 Å². The van der Waals surface area contributed by atoms with Gasteiger partial charge in [0.25, 0.3) is 0 Å². The van der Waals surface area contributed by atoms with E-state index in [1.807, 2.05) is 18.2 Å². The summed E-state index contributed by atoms with van der Waals surface area (Å²) in [6.07, 6.45) is 3.24. The van der Waals surface area contributed by atoms with Crippen LogP contribution < -0.4 is 15.0 Å². The lowest BCUT2D eigenvalue weighted by atomic mass is 9.96. The van der Waals surface area contributed by atoms with Gasteiger partial charge in [-0.3, -0.25) is 4.79 Å². The summed E-state index contributed by atoms with van der Waals surface area (Å²) in [5, 5.41) is 11.0. The van der Waals surface area contributed by atoms with Gasteiger partial charge in [-0.1, -0.05) is 6.07 Å². The number of piperidine rings is 1. The normalized spacial score (nSPS) is 15.3. The number of carbonyl (C=O) groups is 1. The maximum Gasteiger partial charge on any atom is 0.233 e. The Morgan fingerprint density at radius 3 is 2.65 bits per heavy atom. The molecular weight excluding hydrogens is 294 g/mol. The van der Waals surface area contributed by atoms with Gasteiger partial charge in [0.15, 0.2) is 5.82 Å². The molecule has 0 radical (unpaired) electrons. The van der Waals surface area contributed by atoms with Crippen LogP contribution >= 0.6 is 0 Å². The number of nitrogens with zero attached hydrogens (tertiary/aromatic N) is 4. The molecular formula is C16H19N5O2. The number of pyridine rings is 1. The fraction of sp³-hybridized carbons (Fsp3) is 0.375. The van der Waals surface area contributed by atoms with Gasteiger partial charge in [-0.15, -0.1) is 10.2 Å². The molecule has 2 aromatic heterocycles. The molecule has 1 aliphatic rings. The van der Waals surface area contributed by atoms with Gasteiger partial charge in [0.2, 0.25) is 11.8 Å². The molecule has 1 fully saturated rings. The first kappa shape index (κ1) is 15.2. The maximum absolute atomic E-state index is 12.3. The fourth-order valence-corrected chi connectivity index (χ4v) is 2.63. The Hall–Kier alpha value is -2.70. The van der Waals surface area contributed by atoms with Crippen molar-refractivity contribution in [2.75, 3.05) is 30.4 Å². The van der Waals surface area contributed by atoms with Crippen molar-refractivity contribution in [3.8, 4) is 5.88 Å². The molecule has 0 spiro atoms. The van der Waals surface area contributed by atoms with Crippen LogP contribution in [0.2, 0.25) is 0 Å². The quantitative estimate of drug-likeness (QED) is 0.926. The Kier molecular flexibility index (Phi) is 4.65. The molecule has 1 aliphatic heterocycles. The van der Waals surface area contributed by atoms with Crippen LogP contribution in [0.5, 0.6) is 5.88 Å². The zero-order chi connectivity index (χ0) is 16.1. The smallest absolute Gasteiger partial charge is 0.233 e. The van der Waals surface area contributed by atoms with Gasteiger partial charge in [0.1, 0.15) is 5.82 Å². The van der Waals surface area contributed by atoms with Crippen molar-refractivity contribution in [3.63, 3.8) is 0 Å². The van der Waals surface area contributed by atoms with Crippen LogP contribution in [0.4, 0.5) is 11.6 Å². The molecule has 7 nitrogen and oxygen atoms in total. The zero-order valence-electron chi connectivity index (χ0n) is 13.0. The van der Waals surface area contributed by atoms with Crippen LogP contribution in [0, 0.1) is 5.92 Å². The summed E-state index contributed by atoms with van der Waals surface area (Å²) in [5.74, 6) is 1.94. The lowest BCUT2D eigenvalue weighted by molar-refractivity contribution is -0.120. The number of rotatable bonds is 4. The molecule has 3 heterocycles. The average Bonchev–Trinajstić information content (AvgIpc) is 2.63. The van der Waals surface area contributed by atoms with Crippen molar-refractivity contribution in [1.29, 1.82) is 0 Å². The van der Waals surface area contributed by atoms with Crippen molar-refractivity contribution in [1.82, 2.24) is 15.2 Å². The van der Waals surface area contributed by atoms with Crippen LogP contribution in [0.15, 0.2) is 36.5 Å². The first-order valence-electron chi connectivity index (χ1n) is 7.61. The number of nitrogens with one attached hydrogen (secondary N) is 1. The number of anilines is 2. The first-order chi connectivity index (χ1) is 11.3. The molecule has 0 unspecified atom stereocenters. The molecule has 3 rings (SSSR count). The Balaban J connectivity index is 1.54. The molecule has 0 bridgehead atoms. The summed E-state index contributed by atoms with van der Waals surface area (Å²) in [4.78, 5) is 18.5. The highest BCUT2D eigenvalue weighted by Crippen LogP contribution is 2.23. The van der Waals surface area contributed by atoms with Crippen LogP contribution in [-0.4, -0.2) is 41.3 Å². The second kappa shape index (κ2) is 7.04. The van der Waals surface area contributed by atoms with E-state index >= 15 is 0 Å². The van der Waals surface area contributed by atoms with Crippen molar-refractivity contribution in [2.45, 2.75) is 12.8 Å². The summed E-state index contributed by atoms with van der Waals surface area (Å²) in [6, 6.07) is 9.15. The molecule has 0 aliphatic carbocycles. The van der Waals surface area contributed by atoms with E-state index in [1.54, 1.807) is 25.4 Å². The molecule has 1 N–H and O–H groups in total. The Bertz CT molecular complexity index is 639. The summed E-state index contributed by atoms with van der Waals surface area (Å²) < 4.78 is 5.01. The van der Waals surface area contributed by atoms with E-state index in [1.165, 1.54) is 0 Å². The number of carbonyl (C=O) groups excluding carboxylic acids is 1. The highest BCUT2D eigenvalue weighted by Gasteiger charge is 2.26. The van der Waals surface area contributed by atoms with Crippen molar-refractivity contribution in [2.24, 2.45) is 5.92 Å². The summed E-state index contributed by atoms with van der Waals surface area (Å²) in [5.41, 5.74) is 0. The number of aromatic nitrogens is 3. The molecule has 2 aromatic rings. The minimum atomic E-state index is -0.000497. The number of hydrogen-bond donors (Lipinski definition) is 1. The lowest BCUT2D eigenvalue weighted by Gasteiger charge is -2.31. The van der Waals surface area contributed by atoms with Crippen LogP contribution in [0.3, 0.4) is 0 Å². The van der Waals surface area contributed by atoms with Gasteiger partial charge in [0.05, 0.1) is 7.11 Å². The highest BCUT2D eigenvalue weighted by atomic mass is 16.5. The van der Waals surface area contributed by atoms with Crippen LogP contribution in [0.25, 0.3) is 0 Å². The largest absolute Gasteiger partial charge is 0.480 e. The highest BCUT2D eigenvalue weighted by molar-refractivity contribution is 5.91. The zero-order valence-corrected chi connectivity index (χ0v) is 13.0. The molecule has 0 atom stereocenters. The standard InChI is InChI=1S/C16H19N5O2/c1-23-15-6-5-14(19-20-15)21-10-7-12(8-11-21)16(22)18-13-4-2-3-9-17-13/h2-6,9,12H,7-8,10-11H2,1H3,(H,17,18,22). The van der Waals surface area contributed by atoms with Gasteiger partial charge in [-0.2, -0.15) is 0 Å². The third-order valence-corrected chi connectivity index (χ3v) is 3.94. The van der Waals surface area contributed by atoms with E-state index < -0.39 is 0 Å². The summed E-state index contributed by atoms with van der Waals surface area (Å²) in [6.45, 7) is 1.56. The van der Waals surface area contributed by atoms with E-state index in [0.717, 1.165) is 31.7 Å². The van der Waals surface area contributed by atoms with Gasteiger partial charge >= 0.3 is 0 Å². The topological polar surface area (TPSA) is 80.2 Å². The second-order valence-corrected chi connectivity index (χ2v) is 5.40. The lowest BCUT2D eigenvalue weighted by Crippen LogP contribution is -2.38. The van der Waals surface area contributed by atoms with Gasteiger partial charge < -0.3 is 15.0 Å². The van der Waals surface area contributed by atoms with E-state index in [0.29, 0.717) is 11.7 Å². The van der Waals surface area contributed by atoms with Gasteiger partial charge in [0, 0.05) is 31.3 Å². The predicted molar refractivity (Wildman–Crippen MR) is 86.4 cm³/mol. The number of methoxy groups -OCH3 is 1. The van der Waals surface area contributed by atoms with E-state index in [2.05, 4.69) is 25.4 Å². The van der Waals surface area contributed by atoms with Crippen molar-refractivity contribution >= 4 is 17.5 Å². The third-order valence-electron chi connectivity index (χ3n) is 3.94. The average molecular weight is 313 g/mol. The fourth-order valence-electron chi connectivity index (χ4n) is 2.63. The van der Waals surface area contributed by atoms with Gasteiger partial charge in [-0.05, 0) is 31.0 Å². The first-order valence-corrected chi connectivity index (χ1v) is 7.61. The molecule has 0 saturated carbocycles. The van der Waals surface area contributed by atoms with Crippen molar-refractivity contribution < 1.29 is 9.53 Å². The Morgan fingerprint density at radius 1 is 1.22 bits per heavy atom. The van der Waals surface area contributed by atoms with E-state index in [4.69, 9.17) is 4.74 Å². The second-order valence-electron chi connectivity index (χ2n) is 5.40. The predicted octanol–water partition coefficient (Wildman–Crippen LogP) is 1.74. The van der Waals surface area contributed by atoms with Gasteiger partial charge in [-0.25, -0.2) is 4.98 Å². The van der Waals surface area contributed by atoms with E-state index in [9.17, 15) is 4.79 Å². The monoisotopic (exact) mass is 313 g/mol. The van der Waals surface area contributed by atoms with Crippen LogP contribution in [-0.2, 0) is 4.79 Å². The molecule has 1 saturated heterocycles. The molecule has 0 aromatic carbocycles. The molecule has 1 amide bonds. The number of hydrogen-bond acceptors (Lipinski definition) is 6. The third kappa shape index (κ3) is 3.74. The Labute approximate surface area is 134 Å². The minimum absolute atomic E-state index is 0.000497. The molecule has 7 heteroatoms. The van der Waals surface area contributed by atoms with Crippen molar-refractivity contribution in [3.05, 3.63) is 36.5 Å². The summed E-state index contributed by atoms with van der Waals surface area (Å²) >= 11 is 0. The Morgan fingerprint density at radius 2 is 2.04 bits per heavy atom. The molecule has 23 heavy (non-hydrogen) atoms.